The molecule has 1 aliphatic rings. The summed E-state index contributed by atoms with van der Waals surface area (Å²) in [6.45, 7) is 0.663. The maximum atomic E-state index is 13.2. The lowest BCUT2D eigenvalue weighted by atomic mass is 9.94. The van der Waals surface area contributed by atoms with Gasteiger partial charge in [0.15, 0.2) is 9.84 Å². The fraction of sp³-hybridized carbons (Fsp3) is 0.333. The molecule has 2 aromatic carbocycles. The van der Waals surface area contributed by atoms with E-state index in [-0.39, 0.29) is 4.90 Å². The Hall–Kier alpha value is -1.69. The van der Waals surface area contributed by atoms with Crippen molar-refractivity contribution in [1.82, 2.24) is 4.90 Å². The molecule has 0 saturated carbocycles. The second-order valence-electron chi connectivity index (χ2n) is 6.19. The highest BCUT2D eigenvalue weighted by Gasteiger charge is 2.37. The number of aliphatic hydroxyl groups excluding tert-OH is 1. The first-order valence-corrected chi connectivity index (χ1v) is 9.22. The Labute approximate surface area is 137 Å². The van der Waals surface area contributed by atoms with E-state index in [1.54, 1.807) is 24.3 Å². The minimum atomic E-state index is -3.55. The largest absolute Gasteiger partial charge is 0.384 e. The first-order chi connectivity index (χ1) is 10.9. The van der Waals surface area contributed by atoms with E-state index < -0.39 is 21.2 Å². The van der Waals surface area contributed by atoms with Crippen LogP contribution in [0.5, 0.6) is 0 Å². The molecule has 2 atom stereocenters. The van der Waals surface area contributed by atoms with Gasteiger partial charge in [-0.3, -0.25) is 0 Å². The van der Waals surface area contributed by atoms with E-state index in [1.807, 2.05) is 43.3 Å². The Balaban J connectivity index is 2.24. The van der Waals surface area contributed by atoms with E-state index in [1.165, 1.54) is 0 Å². The van der Waals surface area contributed by atoms with Gasteiger partial charge in [-0.25, -0.2) is 8.42 Å². The summed E-state index contributed by atoms with van der Waals surface area (Å²) < 4.78 is 26.4. The molecule has 0 unspecified atom stereocenters. The van der Waals surface area contributed by atoms with Crippen molar-refractivity contribution < 1.29 is 13.5 Å². The first-order valence-electron chi connectivity index (χ1n) is 7.67. The molecular formula is C18H21NO3S. The topological polar surface area (TPSA) is 57.6 Å². The van der Waals surface area contributed by atoms with Gasteiger partial charge < -0.3 is 10.0 Å². The highest BCUT2D eigenvalue weighted by Crippen LogP contribution is 2.43. The summed E-state index contributed by atoms with van der Waals surface area (Å²) in [6, 6.07) is 14.1. The molecule has 0 bridgehead atoms. The minimum absolute atomic E-state index is 0.243. The maximum Gasteiger partial charge on any atom is 0.185 e. The molecule has 5 heteroatoms. The summed E-state index contributed by atoms with van der Waals surface area (Å²) in [6.07, 6.45) is -0.422. The van der Waals surface area contributed by atoms with Crippen LogP contribution >= 0.6 is 0 Å². The van der Waals surface area contributed by atoms with Gasteiger partial charge in [0.1, 0.15) is 6.10 Å². The molecule has 0 radical (unpaired) electrons. The van der Waals surface area contributed by atoms with E-state index >= 15 is 0 Å². The fourth-order valence-corrected chi connectivity index (χ4v) is 5.24. The predicted octanol–water partition coefficient (Wildman–Crippen LogP) is 2.55. The van der Waals surface area contributed by atoms with E-state index in [0.717, 1.165) is 0 Å². The number of sulfone groups is 1. The zero-order valence-corrected chi connectivity index (χ0v) is 14.1. The first kappa shape index (κ1) is 16.2. The Bertz CT molecular complexity index is 815. The smallest absolute Gasteiger partial charge is 0.185 e. The molecule has 4 nitrogen and oxygen atoms in total. The number of rotatable bonds is 3. The number of aliphatic hydroxyl groups is 1. The van der Waals surface area contributed by atoms with Crippen LogP contribution in [0.4, 0.5) is 0 Å². The van der Waals surface area contributed by atoms with Crippen LogP contribution in [0.3, 0.4) is 0 Å². The predicted molar refractivity (Wildman–Crippen MR) is 90.0 cm³/mol. The van der Waals surface area contributed by atoms with Crippen molar-refractivity contribution in [2.24, 2.45) is 0 Å². The van der Waals surface area contributed by atoms with Crippen molar-refractivity contribution in [1.29, 1.82) is 0 Å². The van der Waals surface area contributed by atoms with Gasteiger partial charge in [0.25, 0.3) is 0 Å². The van der Waals surface area contributed by atoms with Gasteiger partial charge in [0, 0.05) is 5.56 Å². The molecule has 0 aliphatic carbocycles. The second-order valence-corrected chi connectivity index (χ2v) is 8.29. The van der Waals surface area contributed by atoms with Crippen LogP contribution in [0.25, 0.3) is 0 Å². The van der Waals surface area contributed by atoms with Crippen molar-refractivity contribution in [2.75, 3.05) is 20.6 Å². The van der Waals surface area contributed by atoms with Crippen LogP contribution in [0.1, 0.15) is 34.5 Å². The van der Waals surface area contributed by atoms with E-state index in [4.69, 9.17) is 0 Å². The van der Waals surface area contributed by atoms with Crippen molar-refractivity contribution in [3.05, 3.63) is 65.2 Å². The molecule has 122 valence electrons. The molecule has 23 heavy (non-hydrogen) atoms. The van der Waals surface area contributed by atoms with Crippen LogP contribution in [0, 0.1) is 0 Å². The number of hydrogen-bond donors (Lipinski definition) is 1. The molecule has 0 spiro atoms. The third-order valence-corrected chi connectivity index (χ3v) is 6.59. The average Bonchev–Trinajstić information content (AvgIpc) is 2.60. The number of nitrogens with zero attached hydrogens (tertiary/aromatic N) is 1. The van der Waals surface area contributed by atoms with Crippen LogP contribution in [0.2, 0.25) is 0 Å². The Kier molecular flexibility index (Phi) is 4.27. The summed E-state index contributed by atoms with van der Waals surface area (Å²) in [4.78, 5) is 2.22. The molecule has 1 N–H and O–H groups in total. The normalized spacial score (nSPS) is 22.3. The molecule has 0 saturated heterocycles. The lowest BCUT2D eigenvalue weighted by Gasteiger charge is -2.20. The fourth-order valence-electron chi connectivity index (χ4n) is 3.19. The van der Waals surface area contributed by atoms with Gasteiger partial charge in [-0.15, -0.1) is 0 Å². The highest BCUT2D eigenvalue weighted by atomic mass is 32.2. The van der Waals surface area contributed by atoms with Gasteiger partial charge in [-0.05, 0) is 44.3 Å². The van der Waals surface area contributed by atoms with Crippen LogP contribution in [0.15, 0.2) is 53.4 Å². The standard InChI is InChI=1S/C18H21NO3S/c1-19(2)12-11-17-13-7-3-4-8-14(13)18(20)15-9-5-6-10-16(15)23(17,21)22/h3-10,17-18,20H,11-12H2,1-2H3/t17-,18+/m1/s1. The third kappa shape index (κ3) is 2.80. The Morgan fingerprint density at radius 1 is 0.957 bits per heavy atom. The molecule has 3 rings (SSSR count). The SMILES string of the molecule is CN(C)CC[C@@H]1c2ccccc2[C@H](O)c2ccccc2S1(=O)=O. The summed E-state index contributed by atoms with van der Waals surface area (Å²) in [5.74, 6) is 0. The zero-order chi connectivity index (χ0) is 16.6. The average molecular weight is 331 g/mol. The van der Waals surface area contributed by atoms with Crippen molar-refractivity contribution >= 4 is 9.84 Å². The molecule has 1 aliphatic heterocycles. The van der Waals surface area contributed by atoms with Gasteiger partial charge in [0.2, 0.25) is 0 Å². The summed E-state index contributed by atoms with van der Waals surface area (Å²) in [5.41, 5.74) is 1.86. The quantitative estimate of drug-likeness (QED) is 0.939. The molecule has 0 amide bonds. The molecular weight excluding hydrogens is 310 g/mol. The van der Waals surface area contributed by atoms with Crippen molar-refractivity contribution in [3.63, 3.8) is 0 Å². The van der Waals surface area contributed by atoms with Crippen molar-refractivity contribution in [3.8, 4) is 0 Å². The lowest BCUT2D eigenvalue weighted by Crippen LogP contribution is -2.21. The van der Waals surface area contributed by atoms with Gasteiger partial charge in [-0.1, -0.05) is 42.5 Å². The van der Waals surface area contributed by atoms with E-state index in [2.05, 4.69) is 0 Å². The summed E-state index contributed by atoms with van der Waals surface area (Å²) in [5, 5.41) is 10.1. The summed E-state index contributed by atoms with van der Waals surface area (Å²) in [7, 11) is 0.309. The lowest BCUT2D eigenvalue weighted by molar-refractivity contribution is 0.216. The number of fused-ring (bicyclic) bond motifs is 2. The van der Waals surface area contributed by atoms with Crippen LogP contribution in [-0.2, 0) is 9.84 Å². The minimum Gasteiger partial charge on any atom is -0.384 e. The Morgan fingerprint density at radius 2 is 1.52 bits per heavy atom. The number of hydrogen-bond acceptors (Lipinski definition) is 4. The Morgan fingerprint density at radius 3 is 2.17 bits per heavy atom. The maximum absolute atomic E-state index is 13.2. The van der Waals surface area contributed by atoms with Gasteiger partial charge in [-0.2, -0.15) is 0 Å². The molecule has 1 heterocycles. The van der Waals surface area contributed by atoms with E-state index in [9.17, 15) is 13.5 Å². The molecule has 2 aromatic rings. The van der Waals surface area contributed by atoms with Crippen LogP contribution in [-0.4, -0.2) is 39.1 Å². The zero-order valence-electron chi connectivity index (χ0n) is 13.3. The van der Waals surface area contributed by atoms with E-state index in [0.29, 0.717) is 29.7 Å². The van der Waals surface area contributed by atoms with Gasteiger partial charge in [0.05, 0.1) is 10.1 Å². The second kappa shape index (κ2) is 6.07. The monoisotopic (exact) mass is 331 g/mol. The number of benzene rings is 2. The third-order valence-electron chi connectivity index (χ3n) is 4.37. The summed E-state index contributed by atoms with van der Waals surface area (Å²) >= 11 is 0. The molecule has 0 aromatic heterocycles. The highest BCUT2D eigenvalue weighted by molar-refractivity contribution is 7.91. The molecule has 0 fully saturated rings. The van der Waals surface area contributed by atoms with Gasteiger partial charge >= 0.3 is 0 Å². The van der Waals surface area contributed by atoms with Crippen molar-refractivity contribution in [2.45, 2.75) is 22.7 Å². The van der Waals surface area contributed by atoms with Crippen LogP contribution < -0.4 is 0 Å².